The van der Waals surface area contributed by atoms with Crippen molar-refractivity contribution >= 4 is 16.9 Å². The molecular weight excluding hydrogens is 224 g/mol. The van der Waals surface area contributed by atoms with Crippen LogP contribution in [0.15, 0.2) is 12.3 Å². The molecule has 0 unspecified atom stereocenters. The van der Waals surface area contributed by atoms with Crippen molar-refractivity contribution in [1.29, 1.82) is 0 Å². The van der Waals surface area contributed by atoms with Gasteiger partial charge < -0.3 is 13.3 Å². The van der Waals surface area contributed by atoms with E-state index in [1.165, 1.54) is 0 Å². The minimum Gasteiger partial charge on any atom is -0.377 e. The molecule has 0 heterocycles. The van der Waals surface area contributed by atoms with Crippen LogP contribution < -0.4 is 0 Å². The summed E-state index contributed by atoms with van der Waals surface area (Å²) in [7, 11) is -0.836. The van der Waals surface area contributed by atoms with E-state index in [9.17, 15) is 0 Å². The van der Waals surface area contributed by atoms with Crippen molar-refractivity contribution in [2.45, 2.75) is 38.7 Å². The molecule has 0 bridgehead atoms. The third-order valence-corrected chi connectivity index (χ3v) is 10.0. The second-order valence-electron chi connectivity index (χ2n) is 4.81. The fraction of sp³-hybridized carbons (Fsp3) is 0.800. The third kappa shape index (κ3) is 3.53. The molecule has 5 heteroatoms. The highest BCUT2D eigenvalue weighted by molar-refractivity contribution is 6.85. The number of rotatable bonds is 6. The summed E-state index contributed by atoms with van der Waals surface area (Å²) in [5.74, 6) is 0. The Balaban J connectivity index is 4.84. The van der Waals surface area contributed by atoms with E-state index in [1.54, 1.807) is 14.2 Å². The van der Waals surface area contributed by atoms with Crippen molar-refractivity contribution in [2.24, 2.45) is 0 Å². The molecule has 0 spiro atoms. The Hall–Kier alpha value is 0.0538. The Morgan fingerprint density at radius 3 is 1.73 bits per heavy atom. The van der Waals surface area contributed by atoms with Crippen LogP contribution in [-0.4, -0.2) is 36.3 Å². The predicted octanol–water partition coefficient (Wildman–Crippen LogP) is 2.62. The summed E-state index contributed by atoms with van der Waals surface area (Å²) in [5, 5.41) is -0.234. The van der Waals surface area contributed by atoms with E-state index in [4.69, 9.17) is 13.3 Å². The zero-order valence-electron chi connectivity index (χ0n) is 11.0. The molecule has 0 atom stereocenters. The second kappa shape index (κ2) is 4.92. The first-order valence-electron chi connectivity index (χ1n) is 5.08. The molecule has 0 aliphatic heterocycles. The molecule has 0 aromatic heterocycles. The smallest absolute Gasteiger partial charge is 0.377 e. The summed E-state index contributed by atoms with van der Waals surface area (Å²) in [6, 6.07) is 0. The molecule has 0 saturated heterocycles. The first-order valence-corrected chi connectivity index (χ1v) is 10.4. The molecule has 0 aliphatic carbocycles. The molecule has 0 radical (unpaired) electrons. The van der Waals surface area contributed by atoms with Crippen LogP contribution in [0.5, 0.6) is 0 Å². The fourth-order valence-corrected chi connectivity index (χ4v) is 4.37. The summed E-state index contributed by atoms with van der Waals surface area (Å²) in [5.41, 5.74) is 2.03. The molecule has 0 N–H and O–H groups in total. The van der Waals surface area contributed by atoms with Gasteiger partial charge in [0.2, 0.25) is 0 Å². The predicted molar refractivity (Wildman–Crippen MR) is 68.5 cm³/mol. The van der Waals surface area contributed by atoms with Crippen LogP contribution in [0.3, 0.4) is 0 Å². The van der Waals surface area contributed by atoms with E-state index in [0.29, 0.717) is 0 Å². The van der Waals surface area contributed by atoms with Crippen molar-refractivity contribution in [3.05, 3.63) is 12.3 Å². The average molecular weight is 248 g/mol. The molecule has 0 aliphatic rings. The van der Waals surface area contributed by atoms with Crippen LogP contribution in [0.4, 0.5) is 0 Å². The van der Waals surface area contributed by atoms with Gasteiger partial charge in [-0.3, -0.25) is 0 Å². The summed E-state index contributed by atoms with van der Waals surface area (Å²) >= 11 is 0. The first kappa shape index (κ1) is 15.1. The van der Waals surface area contributed by atoms with Gasteiger partial charge in [-0.15, -0.1) is 6.58 Å². The van der Waals surface area contributed by atoms with Crippen molar-refractivity contribution in [2.75, 3.05) is 14.2 Å². The standard InChI is InChI=1S/C10H24O3Si2/c1-9-14(6,7)10(2,3)13-15(8,11-4)12-5/h9H,1H2,2-8H3. The van der Waals surface area contributed by atoms with Crippen molar-refractivity contribution < 1.29 is 13.3 Å². The van der Waals surface area contributed by atoms with Crippen LogP contribution >= 0.6 is 0 Å². The summed E-state index contributed by atoms with van der Waals surface area (Å²) in [4.78, 5) is 0. The van der Waals surface area contributed by atoms with Gasteiger partial charge in [-0.25, -0.2) is 0 Å². The molecule has 0 aromatic rings. The van der Waals surface area contributed by atoms with Crippen molar-refractivity contribution in [3.8, 4) is 0 Å². The molecule has 0 aromatic carbocycles. The van der Waals surface area contributed by atoms with Crippen LogP contribution in [-0.2, 0) is 13.3 Å². The topological polar surface area (TPSA) is 27.7 Å². The maximum absolute atomic E-state index is 6.06. The molecular formula is C10H24O3Si2. The highest BCUT2D eigenvalue weighted by Crippen LogP contribution is 2.28. The van der Waals surface area contributed by atoms with Gasteiger partial charge in [0.05, 0.1) is 0 Å². The normalized spacial score (nSPS) is 14.1. The van der Waals surface area contributed by atoms with Gasteiger partial charge in [0.25, 0.3) is 0 Å². The number of hydrogen-bond donors (Lipinski definition) is 0. The van der Waals surface area contributed by atoms with E-state index < -0.39 is 16.9 Å². The number of hydrogen-bond acceptors (Lipinski definition) is 3. The summed E-state index contributed by atoms with van der Waals surface area (Å²) < 4.78 is 16.8. The SMILES string of the molecule is C=C[Si](C)(C)C(C)(C)O[Si](C)(OC)OC. The molecule has 15 heavy (non-hydrogen) atoms. The fourth-order valence-electron chi connectivity index (χ4n) is 1.01. The molecule has 0 saturated carbocycles. The monoisotopic (exact) mass is 248 g/mol. The highest BCUT2D eigenvalue weighted by Gasteiger charge is 2.46. The van der Waals surface area contributed by atoms with Gasteiger partial charge in [0.1, 0.15) is 8.07 Å². The van der Waals surface area contributed by atoms with Crippen molar-refractivity contribution in [3.63, 3.8) is 0 Å². The largest absolute Gasteiger partial charge is 0.497 e. The van der Waals surface area contributed by atoms with Crippen LogP contribution in [0.2, 0.25) is 19.6 Å². The van der Waals surface area contributed by atoms with Crippen LogP contribution in [0.1, 0.15) is 13.8 Å². The average Bonchev–Trinajstić information content (AvgIpc) is 2.16. The quantitative estimate of drug-likeness (QED) is 0.676. The molecule has 0 fully saturated rings. The Kier molecular flexibility index (Phi) is 4.94. The Morgan fingerprint density at radius 1 is 1.07 bits per heavy atom. The zero-order chi connectivity index (χ0) is 12.3. The lowest BCUT2D eigenvalue weighted by Crippen LogP contribution is -2.58. The highest BCUT2D eigenvalue weighted by atomic mass is 28.4. The summed E-state index contributed by atoms with van der Waals surface area (Å²) in [6.45, 7) is 14.4. The van der Waals surface area contributed by atoms with Gasteiger partial charge >= 0.3 is 8.80 Å². The van der Waals surface area contributed by atoms with E-state index in [2.05, 4.69) is 33.5 Å². The van der Waals surface area contributed by atoms with Crippen LogP contribution in [0, 0.1) is 0 Å². The minimum absolute atomic E-state index is 0.234. The molecule has 0 amide bonds. The minimum atomic E-state index is -2.47. The molecule has 0 rings (SSSR count). The van der Waals surface area contributed by atoms with Crippen LogP contribution in [0.25, 0.3) is 0 Å². The van der Waals surface area contributed by atoms with Gasteiger partial charge in [-0.05, 0) is 13.8 Å². The zero-order valence-corrected chi connectivity index (χ0v) is 13.0. The third-order valence-electron chi connectivity index (χ3n) is 3.24. The Labute approximate surface area is 95.8 Å². The Morgan fingerprint density at radius 2 is 1.47 bits per heavy atom. The van der Waals surface area contributed by atoms with Gasteiger partial charge in [-0.2, -0.15) is 0 Å². The lowest BCUT2D eigenvalue weighted by Gasteiger charge is -2.42. The van der Waals surface area contributed by atoms with E-state index >= 15 is 0 Å². The Bertz CT molecular complexity index is 223. The second-order valence-corrected chi connectivity index (χ2v) is 12.6. The van der Waals surface area contributed by atoms with E-state index in [0.717, 1.165) is 0 Å². The van der Waals surface area contributed by atoms with Crippen molar-refractivity contribution in [1.82, 2.24) is 0 Å². The lowest BCUT2D eigenvalue weighted by atomic mass is 10.5. The maximum Gasteiger partial charge on any atom is 0.497 e. The van der Waals surface area contributed by atoms with Gasteiger partial charge in [0, 0.05) is 26.0 Å². The van der Waals surface area contributed by atoms with E-state index in [1.807, 2.05) is 12.2 Å². The summed E-state index contributed by atoms with van der Waals surface area (Å²) in [6.07, 6.45) is 0. The lowest BCUT2D eigenvalue weighted by molar-refractivity contribution is 0.0507. The van der Waals surface area contributed by atoms with Gasteiger partial charge in [-0.1, -0.05) is 18.8 Å². The first-order chi connectivity index (χ1) is 6.64. The van der Waals surface area contributed by atoms with Gasteiger partial charge in [0.15, 0.2) is 0 Å². The van der Waals surface area contributed by atoms with E-state index in [-0.39, 0.29) is 5.22 Å². The maximum atomic E-state index is 6.06. The molecule has 3 nitrogen and oxygen atoms in total. The molecule has 90 valence electrons.